The highest BCUT2D eigenvalue weighted by atomic mass is 19.1. The third kappa shape index (κ3) is 4.79. The van der Waals surface area contributed by atoms with Crippen LogP contribution in [0.4, 0.5) is 10.1 Å². The molecule has 168 valence electrons. The first kappa shape index (κ1) is 22.3. The van der Waals surface area contributed by atoms with Gasteiger partial charge in [-0.15, -0.1) is 0 Å². The number of aliphatic hydroxyl groups excluding tert-OH is 1. The van der Waals surface area contributed by atoms with Gasteiger partial charge in [0.1, 0.15) is 5.82 Å². The summed E-state index contributed by atoms with van der Waals surface area (Å²) in [4.78, 5) is 2.26. The lowest BCUT2D eigenvalue weighted by Gasteiger charge is -2.46. The SMILES string of the molecule is CCN(CCO)C[C@H]1CC[C@@H]2[C@H](O1)c1cc(C(C)C)ccc1N[C@H]2c1ccc(F)cc1. The lowest BCUT2D eigenvalue weighted by Crippen LogP contribution is -2.43. The fraction of sp³-hybridized carbons (Fsp3) is 0.538. The predicted molar refractivity (Wildman–Crippen MR) is 123 cm³/mol. The van der Waals surface area contributed by atoms with Crippen LogP contribution >= 0.6 is 0 Å². The molecule has 0 spiro atoms. The molecule has 2 aromatic rings. The highest BCUT2D eigenvalue weighted by Crippen LogP contribution is 2.50. The molecule has 2 N–H and O–H groups in total. The van der Waals surface area contributed by atoms with Crippen molar-refractivity contribution in [1.82, 2.24) is 4.90 Å². The second kappa shape index (κ2) is 9.68. The van der Waals surface area contributed by atoms with Gasteiger partial charge in [0, 0.05) is 30.3 Å². The maximum absolute atomic E-state index is 13.5. The topological polar surface area (TPSA) is 44.7 Å². The van der Waals surface area contributed by atoms with Gasteiger partial charge in [0.2, 0.25) is 0 Å². The van der Waals surface area contributed by atoms with E-state index in [0.717, 1.165) is 37.2 Å². The number of nitrogens with zero attached hydrogens (tertiary/aromatic N) is 1. The first-order valence-electron chi connectivity index (χ1n) is 11.6. The number of anilines is 1. The Balaban J connectivity index is 1.65. The molecule has 4 nitrogen and oxygen atoms in total. The van der Waals surface area contributed by atoms with E-state index in [2.05, 4.69) is 49.2 Å². The number of rotatable bonds is 7. The zero-order valence-electron chi connectivity index (χ0n) is 18.9. The van der Waals surface area contributed by atoms with E-state index in [4.69, 9.17) is 4.74 Å². The van der Waals surface area contributed by atoms with Crippen molar-refractivity contribution in [3.05, 3.63) is 65.0 Å². The van der Waals surface area contributed by atoms with Gasteiger partial charge in [0.05, 0.1) is 24.9 Å². The molecule has 5 heteroatoms. The van der Waals surface area contributed by atoms with Crippen molar-refractivity contribution in [2.24, 2.45) is 5.92 Å². The maximum atomic E-state index is 13.5. The Morgan fingerprint density at radius 3 is 2.61 bits per heavy atom. The molecule has 0 saturated carbocycles. The smallest absolute Gasteiger partial charge is 0.123 e. The highest BCUT2D eigenvalue weighted by molar-refractivity contribution is 5.58. The van der Waals surface area contributed by atoms with Gasteiger partial charge in [-0.05, 0) is 54.6 Å². The average molecular weight is 427 g/mol. The lowest BCUT2D eigenvalue weighted by molar-refractivity contribution is -0.103. The summed E-state index contributed by atoms with van der Waals surface area (Å²) in [5, 5.41) is 13.1. The Kier molecular flexibility index (Phi) is 6.95. The molecule has 0 unspecified atom stereocenters. The number of fused-ring (bicyclic) bond motifs is 3. The highest BCUT2D eigenvalue weighted by Gasteiger charge is 2.42. The molecule has 4 atom stereocenters. The molecule has 0 bridgehead atoms. The number of hydrogen-bond acceptors (Lipinski definition) is 4. The van der Waals surface area contributed by atoms with Gasteiger partial charge in [-0.25, -0.2) is 4.39 Å². The average Bonchev–Trinajstić information content (AvgIpc) is 2.78. The summed E-state index contributed by atoms with van der Waals surface area (Å²) in [6, 6.07) is 13.7. The molecule has 1 saturated heterocycles. The van der Waals surface area contributed by atoms with Crippen LogP contribution in [0.15, 0.2) is 42.5 Å². The number of nitrogens with one attached hydrogen (secondary N) is 1. The van der Waals surface area contributed by atoms with Crippen molar-refractivity contribution >= 4 is 5.69 Å². The predicted octanol–water partition coefficient (Wildman–Crippen LogP) is 5.27. The number of ether oxygens (including phenoxy) is 1. The van der Waals surface area contributed by atoms with Crippen LogP contribution in [0.3, 0.4) is 0 Å². The minimum absolute atomic E-state index is 0.0107. The monoisotopic (exact) mass is 426 g/mol. The van der Waals surface area contributed by atoms with Crippen molar-refractivity contribution in [3.8, 4) is 0 Å². The summed E-state index contributed by atoms with van der Waals surface area (Å²) < 4.78 is 20.3. The van der Waals surface area contributed by atoms with E-state index in [0.29, 0.717) is 18.4 Å². The van der Waals surface area contributed by atoms with Crippen LogP contribution in [-0.4, -0.2) is 42.4 Å². The normalized spacial score (nSPS) is 25.3. The first-order valence-corrected chi connectivity index (χ1v) is 11.6. The zero-order chi connectivity index (χ0) is 22.0. The van der Waals surface area contributed by atoms with Crippen molar-refractivity contribution in [3.63, 3.8) is 0 Å². The third-order valence-corrected chi connectivity index (χ3v) is 6.89. The van der Waals surface area contributed by atoms with Gasteiger partial charge in [-0.1, -0.05) is 45.0 Å². The Labute approximate surface area is 185 Å². The van der Waals surface area contributed by atoms with E-state index in [-0.39, 0.29) is 30.7 Å². The number of halogens is 1. The van der Waals surface area contributed by atoms with E-state index in [1.165, 1.54) is 11.1 Å². The fourth-order valence-electron chi connectivity index (χ4n) is 5.08. The maximum Gasteiger partial charge on any atom is 0.123 e. The molecular weight excluding hydrogens is 391 g/mol. The number of likely N-dealkylation sites (N-methyl/N-ethyl adjacent to an activating group) is 1. The van der Waals surface area contributed by atoms with Crippen LogP contribution in [0, 0.1) is 11.7 Å². The molecule has 2 aliphatic rings. The molecule has 2 heterocycles. The van der Waals surface area contributed by atoms with Gasteiger partial charge in [-0.3, -0.25) is 4.90 Å². The number of aliphatic hydroxyl groups is 1. The Morgan fingerprint density at radius 2 is 1.94 bits per heavy atom. The largest absolute Gasteiger partial charge is 0.395 e. The lowest BCUT2D eigenvalue weighted by atomic mass is 9.76. The second-order valence-corrected chi connectivity index (χ2v) is 9.21. The summed E-state index contributed by atoms with van der Waals surface area (Å²) in [6.45, 7) is 9.16. The van der Waals surface area contributed by atoms with Crippen LogP contribution in [-0.2, 0) is 4.74 Å². The standard InChI is InChI=1S/C26H35FN2O2/c1-4-29(13-14-30)16-21-10-11-22-25(18-5-8-20(27)9-6-18)28-24-12-7-19(17(2)3)15-23(24)26(22)31-21/h5-9,12,15,17,21-22,25-26,28,30H,4,10-11,13-14,16H2,1-3H3/t21-,22+,25+,26+/m1/s1. The van der Waals surface area contributed by atoms with Crippen LogP contribution in [0.1, 0.15) is 68.4 Å². The van der Waals surface area contributed by atoms with Crippen LogP contribution in [0.2, 0.25) is 0 Å². The van der Waals surface area contributed by atoms with E-state index in [1.54, 1.807) is 12.1 Å². The summed E-state index contributed by atoms with van der Waals surface area (Å²) in [7, 11) is 0. The van der Waals surface area contributed by atoms with Crippen LogP contribution in [0.5, 0.6) is 0 Å². The Hall–Kier alpha value is -1.95. The van der Waals surface area contributed by atoms with Gasteiger partial charge < -0.3 is 15.2 Å². The first-order chi connectivity index (χ1) is 15.0. The molecule has 0 radical (unpaired) electrons. The van der Waals surface area contributed by atoms with Crippen molar-refractivity contribution < 1.29 is 14.2 Å². The molecule has 0 aliphatic carbocycles. The molecule has 2 aliphatic heterocycles. The van der Waals surface area contributed by atoms with Gasteiger partial charge >= 0.3 is 0 Å². The fourth-order valence-corrected chi connectivity index (χ4v) is 5.08. The zero-order valence-corrected chi connectivity index (χ0v) is 18.9. The molecular formula is C26H35FN2O2. The van der Waals surface area contributed by atoms with E-state index in [1.807, 2.05) is 12.1 Å². The Bertz CT molecular complexity index is 870. The van der Waals surface area contributed by atoms with E-state index in [9.17, 15) is 9.50 Å². The minimum Gasteiger partial charge on any atom is -0.395 e. The van der Waals surface area contributed by atoms with E-state index < -0.39 is 0 Å². The van der Waals surface area contributed by atoms with Crippen molar-refractivity contribution in [1.29, 1.82) is 0 Å². The number of benzene rings is 2. The molecule has 4 rings (SSSR count). The summed E-state index contributed by atoms with van der Waals surface area (Å²) >= 11 is 0. The summed E-state index contributed by atoms with van der Waals surface area (Å²) in [5.41, 5.74) is 4.78. The minimum atomic E-state index is -0.207. The van der Waals surface area contributed by atoms with Gasteiger partial charge in [0.15, 0.2) is 0 Å². The quantitative estimate of drug-likeness (QED) is 0.633. The van der Waals surface area contributed by atoms with Crippen LogP contribution in [0.25, 0.3) is 0 Å². The molecule has 0 amide bonds. The van der Waals surface area contributed by atoms with E-state index >= 15 is 0 Å². The van der Waals surface area contributed by atoms with Crippen molar-refractivity contribution in [2.75, 3.05) is 31.6 Å². The van der Waals surface area contributed by atoms with Gasteiger partial charge in [0.25, 0.3) is 0 Å². The molecule has 0 aromatic heterocycles. The summed E-state index contributed by atoms with van der Waals surface area (Å²) in [6.07, 6.45) is 2.19. The second-order valence-electron chi connectivity index (χ2n) is 9.21. The molecule has 31 heavy (non-hydrogen) atoms. The van der Waals surface area contributed by atoms with Crippen LogP contribution < -0.4 is 5.32 Å². The van der Waals surface area contributed by atoms with Gasteiger partial charge in [-0.2, -0.15) is 0 Å². The third-order valence-electron chi connectivity index (χ3n) is 6.89. The molecule has 2 aromatic carbocycles. The van der Waals surface area contributed by atoms with Crippen molar-refractivity contribution in [2.45, 2.75) is 57.8 Å². The summed E-state index contributed by atoms with van der Waals surface area (Å²) in [5.74, 6) is 0.546. The Morgan fingerprint density at radius 1 is 1.16 bits per heavy atom. The number of hydrogen-bond donors (Lipinski definition) is 2. The molecule has 1 fully saturated rings.